The largest absolute Gasteiger partial charge is 0.379 e. The summed E-state index contributed by atoms with van der Waals surface area (Å²) < 4.78 is 5.33. The molecule has 0 aliphatic heterocycles. The molecule has 1 aromatic heterocycles. The molecule has 0 atom stereocenters. The lowest BCUT2D eigenvalue weighted by Gasteiger charge is -2.08. The van der Waals surface area contributed by atoms with Gasteiger partial charge in [0.2, 0.25) is 0 Å². The summed E-state index contributed by atoms with van der Waals surface area (Å²) in [5.74, 6) is 0.646. The van der Waals surface area contributed by atoms with E-state index in [9.17, 15) is 10.1 Å². The minimum absolute atomic E-state index is 0.000262. The van der Waals surface area contributed by atoms with Crippen molar-refractivity contribution in [3.05, 3.63) is 40.6 Å². The fourth-order valence-electron chi connectivity index (χ4n) is 1.36. The van der Waals surface area contributed by atoms with Crippen LogP contribution in [0.3, 0.4) is 0 Å². The average molecular weight is 251 g/mol. The molecule has 1 heterocycles. The Balaban J connectivity index is 2.38. The topological polar surface area (TPSA) is 77.3 Å². The number of rotatable bonds is 8. The second-order valence-electron chi connectivity index (χ2n) is 3.73. The van der Waals surface area contributed by atoms with Crippen molar-refractivity contribution in [3.63, 3.8) is 0 Å². The first-order valence-electron chi connectivity index (χ1n) is 5.68. The van der Waals surface area contributed by atoms with Crippen molar-refractivity contribution in [3.8, 4) is 0 Å². The third kappa shape index (κ3) is 4.50. The maximum absolute atomic E-state index is 10.5. The highest BCUT2D eigenvalue weighted by Crippen LogP contribution is 2.17. The predicted octanol–water partition coefficient (Wildman–Crippen LogP) is 2.30. The molecule has 6 nitrogen and oxygen atoms in total. The van der Waals surface area contributed by atoms with Crippen LogP contribution in [0.1, 0.15) is 12.0 Å². The molecule has 0 aliphatic carbocycles. The number of aromatic nitrogens is 1. The van der Waals surface area contributed by atoms with Gasteiger partial charge in [-0.1, -0.05) is 6.08 Å². The van der Waals surface area contributed by atoms with Crippen LogP contribution >= 0.6 is 0 Å². The Morgan fingerprint density at radius 3 is 3.00 bits per heavy atom. The van der Waals surface area contributed by atoms with Gasteiger partial charge < -0.3 is 10.1 Å². The van der Waals surface area contributed by atoms with Gasteiger partial charge in [-0.25, -0.2) is 4.98 Å². The Kier molecular flexibility index (Phi) is 5.79. The van der Waals surface area contributed by atoms with Crippen molar-refractivity contribution in [1.29, 1.82) is 0 Å². The molecule has 0 aromatic carbocycles. The van der Waals surface area contributed by atoms with Crippen LogP contribution < -0.4 is 5.32 Å². The average Bonchev–Trinajstić information content (AvgIpc) is 2.35. The van der Waals surface area contributed by atoms with Gasteiger partial charge in [-0.3, -0.25) is 10.1 Å². The maximum Gasteiger partial charge on any atom is 0.287 e. The number of hydrogen-bond acceptors (Lipinski definition) is 5. The summed E-state index contributed by atoms with van der Waals surface area (Å²) in [6.45, 7) is 7.20. The van der Waals surface area contributed by atoms with E-state index in [1.54, 1.807) is 13.0 Å². The standard InChI is InChI=1S/C12H17N3O3/c1-3-4-6-18-7-5-13-12-10(2)8-11(9-14-12)15(16)17/h3,8-9H,1,4-7H2,2H3,(H,13,14). The molecule has 0 bridgehead atoms. The molecular weight excluding hydrogens is 234 g/mol. The first kappa shape index (κ1) is 14.1. The minimum Gasteiger partial charge on any atom is -0.379 e. The zero-order valence-electron chi connectivity index (χ0n) is 10.4. The van der Waals surface area contributed by atoms with Gasteiger partial charge in [0.25, 0.3) is 5.69 Å². The van der Waals surface area contributed by atoms with Crippen LogP contribution in [-0.2, 0) is 4.74 Å². The van der Waals surface area contributed by atoms with Gasteiger partial charge in [0.1, 0.15) is 12.0 Å². The molecule has 0 unspecified atom stereocenters. The van der Waals surface area contributed by atoms with Crippen molar-refractivity contribution < 1.29 is 9.66 Å². The summed E-state index contributed by atoms with van der Waals surface area (Å²) in [6.07, 6.45) is 3.87. The molecule has 1 rings (SSSR count). The number of nitro groups is 1. The van der Waals surface area contributed by atoms with E-state index in [1.165, 1.54) is 12.3 Å². The van der Waals surface area contributed by atoms with Gasteiger partial charge in [0.05, 0.1) is 18.1 Å². The molecule has 0 aliphatic rings. The lowest BCUT2D eigenvalue weighted by molar-refractivity contribution is -0.385. The molecule has 6 heteroatoms. The number of hydrogen-bond donors (Lipinski definition) is 1. The summed E-state index contributed by atoms with van der Waals surface area (Å²) in [7, 11) is 0. The normalized spacial score (nSPS) is 10.1. The van der Waals surface area contributed by atoms with Gasteiger partial charge in [0, 0.05) is 12.6 Å². The van der Waals surface area contributed by atoms with Gasteiger partial charge in [-0.2, -0.15) is 0 Å². The number of pyridine rings is 1. The van der Waals surface area contributed by atoms with E-state index in [4.69, 9.17) is 4.74 Å². The van der Waals surface area contributed by atoms with Crippen LogP contribution in [0.15, 0.2) is 24.9 Å². The zero-order chi connectivity index (χ0) is 13.4. The highest BCUT2D eigenvalue weighted by molar-refractivity contribution is 5.48. The van der Waals surface area contributed by atoms with E-state index in [2.05, 4.69) is 16.9 Å². The lowest BCUT2D eigenvalue weighted by atomic mass is 10.2. The van der Waals surface area contributed by atoms with E-state index in [1.807, 2.05) is 0 Å². The summed E-state index contributed by atoms with van der Waals surface area (Å²) in [6, 6.07) is 1.49. The quantitative estimate of drug-likeness (QED) is 0.332. The van der Waals surface area contributed by atoms with Crippen molar-refractivity contribution in [2.24, 2.45) is 0 Å². The van der Waals surface area contributed by atoms with Crippen molar-refractivity contribution in [1.82, 2.24) is 4.98 Å². The maximum atomic E-state index is 10.5. The van der Waals surface area contributed by atoms with Crippen LogP contribution in [0.25, 0.3) is 0 Å². The second kappa shape index (κ2) is 7.39. The molecule has 0 radical (unpaired) electrons. The number of anilines is 1. The molecule has 0 saturated heterocycles. The smallest absolute Gasteiger partial charge is 0.287 e. The van der Waals surface area contributed by atoms with Crippen LogP contribution in [0, 0.1) is 17.0 Å². The van der Waals surface area contributed by atoms with Crippen LogP contribution in [0.2, 0.25) is 0 Å². The highest BCUT2D eigenvalue weighted by Gasteiger charge is 2.08. The Hall–Kier alpha value is -1.95. The fourth-order valence-corrected chi connectivity index (χ4v) is 1.36. The summed E-state index contributed by atoms with van der Waals surface area (Å²) in [5, 5.41) is 13.6. The Bertz CT molecular complexity index is 421. The van der Waals surface area contributed by atoms with Crippen LogP contribution in [-0.4, -0.2) is 29.7 Å². The molecule has 98 valence electrons. The summed E-state index contributed by atoms with van der Waals surface area (Å²) in [5.41, 5.74) is 0.746. The summed E-state index contributed by atoms with van der Waals surface area (Å²) in [4.78, 5) is 14.1. The van der Waals surface area contributed by atoms with Crippen LogP contribution in [0.5, 0.6) is 0 Å². The fraction of sp³-hybridized carbons (Fsp3) is 0.417. The molecule has 1 aromatic rings. The van der Waals surface area contributed by atoms with E-state index in [0.717, 1.165) is 12.0 Å². The predicted molar refractivity (Wildman–Crippen MR) is 69.8 cm³/mol. The molecule has 18 heavy (non-hydrogen) atoms. The molecule has 1 N–H and O–H groups in total. The third-order valence-electron chi connectivity index (χ3n) is 2.28. The molecule has 0 spiro atoms. The number of nitrogens with one attached hydrogen (secondary N) is 1. The van der Waals surface area contributed by atoms with Gasteiger partial charge in [0.15, 0.2) is 0 Å². The molecule has 0 amide bonds. The Morgan fingerprint density at radius 1 is 1.61 bits per heavy atom. The van der Waals surface area contributed by atoms with Crippen molar-refractivity contribution in [2.45, 2.75) is 13.3 Å². The first-order valence-corrected chi connectivity index (χ1v) is 5.68. The highest BCUT2D eigenvalue weighted by atomic mass is 16.6. The number of aryl methyl sites for hydroxylation is 1. The van der Waals surface area contributed by atoms with Crippen molar-refractivity contribution in [2.75, 3.05) is 25.1 Å². The molecule has 0 fully saturated rings. The van der Waals surface area contributed by atoms with Gasteiger partial charge >= 0.3 is 0 Å². The van der Waals surface area contributed by atoms with E-state index < -0.39 is 4.92 Å². The van der Waals surface area contributed by atoms with Gasteiger partial charge in [-0.05, 0) is 18.9 Å². The Morgan fingerprint density at radius 2 is 2.39 bits per heavy atom. The number of ether oxygens (including phenoxy) is 1. The van der Waals surface area contributed by atoms with E-state index in [0.29, 0.717) is 25.6 Å². The minimum atomic E-state index is -0.456. The zero-order valence-corrected chi connectivity index (χ0v) is 10.4. The van der Waals surface area contributed by atoms with Gasteiger partial charge in [-0.15, -0.1) is 6.58 Å². The van der Waals surface area contributed by atoms with Crippen LogP contribution in [0.4, 0.5) is 11.5 Å². The second-order valence-corrected chi connectivity index (χ2v) is 3.73. The lowest BCUT2D eigenvalue weighted by Crippen LogP contribution is -2.11. The monoisotopic (exact) mass is 251 g/mol. The third-order valence-corrected chi connectivity index (χ3v) is 2.28. The van der Waals surface area contributed by atoms with E-state index in [-0.39, 0.29) is 5.69 Å². The SMILES string of the molecule is C=CCCOCCNc1ncc([N+](=O)[O-])cc1C. The Labute approximate surface area is 106 Å². The summed E-state index contributed by atoms with van der Waals surface area (Å²) >= 11 is 0. The molecule has 0 saturated carbocycles. The van der Waals surface area contributed by atoms with Crippen molar-refractivity contribution >= 4 is 11.5 Å². The molecular formula is C12H17N3O3. The van der Waals surface area contributed by atoms with E-state index >= 15 is 0 Å². The first-order chi connectivity index (χ1) is 8.65. The number of nitrogens with zero attached hydrogens (tertiary/aromatic N) is 2.